The molecule has 2 aromatic carbocycles. The van der Waals surface area contributed by atoms with E-state index in [1.807, 2.05) is 0 Å². The van der Waals surface area contributed by atoms with E-state index >= 15 is 0 Å². The highest BCUT2D eigenvalue weighted by Gasteiger charge is 2.26. The Bertz CT molecular complexity index is 658. The molecule has 0 amide bonds. The lowest BCUT2D eigenvalue weighted by Gasteiger charge is -2.41. The molecule has 2 aromatic rings. The highest BCUT2D eigenvalue weighted by Crippen LogP contribution is 2.19. The predicted octanol–water partition coefficient (Wildman–Crippen LogP) is 3.50. The van der Waals surface area contributed by atoms with Gasteiger partial charge in [0.05, 0.1) is 0 Å². The standard InChI is InChI=1S/C23H32N2O/c1-20-8-5-6-12-22(20)18-25-16-15-24(19-23(25)13-17-26)14-7-11-21-9-3-2-4-10-21/h2-6,8-10,12,23,26H,7,11,13-19H2,1H3. The van der Waals surface area contributed by atoms with Crippen molar-refractivity contribution >= 4 is 0 Å². The molecule has 0 spiro atoms. The van der Waals surface area contributed by atoms with Gasteiger partial charge in [0.15, 0.2) is 0 Å². The van der Waals surface area contributed by atoms with Crippen LogP contribution in [0.4, 0.5) is 0 Å². The van der Waals surface area contributed by atoms with Gasteiger partial charge < -0.3 is 10.0 Å². The number of aliphatic hydroxyl groups is 1. The van der Waals surface area contributed by atoms with Crippen LogP contribution >= 0.6 is 0 Å². The van der Waals surface area contributed by atoms with Crippen molar-refractivity contribution in [2.45, 2.75) is 38.8 Å². The molecule has 1 heterocycles. The van der Waals surface area contributed by atoms with E-state index < -0.39 is 0 Å². The summed E-state index contributed by atoms with van der Waals surface area (Å²) in [7, 11) is 0. The minimum absolute atomic E-state index is 0.271. The van der Waals surface area contributed by atoms with Gasteiger partial charge in [-0.1, -0.05) is 54.6 Å². The van der Waals surface area contributed by atoms with Crippen molar-refractivity contribution in [1.82, 2.24) is 9.80 Å². The first-order chi connectivity index (χ1) is 12.8. The number of aliphatic hydroxyl groups excluding tert-OH is 1. The van der Waals surface area contributed by atoms with Crippen LogP contribution in [0.3, 0.4) is 0 Å². The predicted molar refractivity (Wildman–Crippen MR) is 108 cm³/mol. The lowest BCUT2D eigenvalue weighted by molar-refractivity contribution is 0.0532. The van der Waals surface area contributed by atoms with Crippen LogP contribution in [0.15, 0.2) is 54.6 Å². The Morgan fingerprint density at radius 2 is 1.77 bits per heavy atom. The molecule has 1 aliphatic rings. The van der Waals surface area contributed by atoms with Crippen molar-refractivity contribution in [3.63, 3.8) is 0 Å². The molecule has 1 N–H and O–H groups in total. The largest absolute Gasteiger partial charge is 0.396 e. The van der Waals surface area contributed by atoms with Gasteiger partial charge in [-0.15, -0.1) is 0 Å². The van der Waals surface area contributed by atoms with Gasteiger partial charge in [-0.25, -0.2) is 0 Å². The zero-order valence-electron chi connectivity index (χ0n) is 16.0. The average Bonchev–Trinajstić information content (AvgIpc) is 2.66. The molecule has 0 aliphatic carbocycles. The zero-order chi connectivity index (χ0) is 18.2. The van der Waals surface area contributed by atoms with E-state index in [0.29, 0.717) is 6.04 Å². The third kappa shape index (κ3) is 5.41. The summed E-state index contributed by atoms with van der Waals surface area (Å²) in [6.45, 7) is 7.89. The van der Waals surface area contributed by atoms with Crippen molar-refractivity contribution in [3.8, 4) is 0 Å². The fourth-order valence-electron chi connectivity index (χ4n) is 3.95. The summed E-state index contributed by atoms with van der Waals surface area (Å²) in [6.07, 6.45) is 3.21. The highest BCUT2D eigenvalue weighted by molar-refractivity contribution is 5.25. The van der Waals surface area contributed by atoms with Gasteiger partial charge in [0.25, 0.3) is 0 Å². The third-order valence-electron chi connectivity index (χ3n) is 5.57. The van der Waals surface area contributed by atoms with E-state index in [4.69, 9.17) is 0 Å². The van der Waals surface area contributed by atoms with Crippen molar-refractivity contribution < 1.29 is 5.11 Å². The lowest BCUT2D eigenvalue weighted by atomic mass is 10.0. The molecular formula is C23H32N2O. The number of hydrogen-bond acceptors (Lipinski definition) is 3. The Morgan fingerprint density at radius 3 is 2.54 bits per heavy atom. The number of benzene rings is 2. The summed E-state index contributed by atoms with van der Waals surface area (Å²) >= 11 is 0. The number of rotatable bonds is 8. The maximum atomic E-state index is 9.52. The van der Waals surface area contributed by atoms with Crippen LogP contribution < -0.4 is 0 Å². The molecule has 3 rings (SSSR count). The van der Waals surface area contributed by atoms with Crippen molar-refractivity contribution in [2.24, 2.45) is 0 Å². The van der Waals surface area contributed by atoms with Crippen LogP contribution in [0.1, 0.15) is 29.5 Å². The molecular weight excluding hydrogens is 320 g/mol. The van der Waals surface area contributed by atoms with Crippen LogP contribution in [-0.2, 0) is 13.0 Å². The number of nitrogens with zero attached hydrogens (tertiary/aromatic N) is 2. The highest BCUT2D eigenvalue weighted by atomic mass is 16.3. The first kappa shape index (κ1) is 19.1. The van der Waals surface area contributed by atoms with E-state index in [1.54, 1.807) is 0 Å². The Morgan fingerprint density at radius 1 is 1.00 bits per heavy atom. The third-order valence-corrected chi connectivity index (χ3v) is 5.57. The monoisotopic (exact) mass is 352 g/mol. The smallest absolute Gasteiger partial charge is 0.0446 e. The molecule has 0 aromatic heterocycles. The van der Waals surface area contributed by atoms with Gasteiger partial charge in [-0.05, 0) is 49.4 Å². The molecule has 1 fully saturated rings. The van der Waals surface area contributed by atoms with E-state index in [0.717, 1.165) is 45.6 Å². The van der Waals surface area contributed by atoms with Crippen molar-refractivity contribution in [1.29, 1.82) is 0 Å². The molecule has 0 bridgehead atoms. The van der Waals surface area contributed by atoms with Gasteiger partial charge in [-0.2, -0.15) is 0 Å². The molecule has 0 radical (unpaired) electrons. The summed E-state index contributed by atoms with van der Waals surface area (Å²) in [4.78, 5) is 5.14. The summed E-state index contributed by atoms with van der Waals surface area (Å²) in [5.41, 5.74) is 4.20. The molecule has 26 heavy (non-hydrogen) atoms. The van der Waals surface area contributed by atoms with Crippen LogP contribution in [0.25, 0.3) is 0 Å². The fourth-order valence-corrected chi connectivity index (χ4v) is 3.95. The topological polar surface area (TPSA) is 26.7 Å². The molecule has 1 saturated heterocycles. The first-order valence-electron chi connectivity index (χ1n) is 9.92. The molecule has 1 aliphatic heterocycles. The quantitative estimate of drug-likeness (QED) is 0.788. The summed E-state index contributed by atoms with van der Waals surface area (Å²) < 4.78 is 0. The molecule has 0 saturated carbocycles. The first-order valence-corrected chi connectivity index (χ1v) is 9.92. The van der Waals surface area contributed by atoms with E-state index in [9.17, 15) is 5.11 Å². The maximum absolute atomic E-state index is 9.52. The second-order valence-corrected chi connectivity index (χ2v) is 7.45. The van der Waals surface area contributed by atoms with Crippen LogP contribution in [0, 0.1) is 6.92 Å². The Labute approximate surface area is 158 Å². The van der Waals surface area contributed by atoms with E-state index in [1.165, 1.54) is 23.1 Å². The second-order valence-electron chi connectivity index (χ2n) is 7.45. The zero-order valence-corrected chi connectivity index (χ0v) is 16.0. The number of aryl methyl sites for hydroxylation is 2. The summed E-state index contributed by atoms with van der Waals surface area (Å²) in [5.74, 6) is 0. The minimum Gasteiger partial charge on any atom is -0.396 e. The molecule has 1 unspecified atom stereocenters. The minimum atomic E-state index is 0.271. The second kappa shape index (κ2) is 9.86. The lowest BCUT2D eigenvalue weighted by Crippen LogP contribution is -2.53. The Kier molecular flexibility index (Phi) is 7.24. The molecule has 1 atom stereocenters. The van der Waals surface area contributed by atoms with Crippen molar-refractivity contribution in [2.75, 3.05) is 32.8 Å². The van der Waals surface area contributed by atoms with Gasteiger partial charge in [0, 0.05) is 38.8 Å². The van der Waals surface area contributed by atoms with Crippen molar-refractivity contribution in [3.05, 3.63) is 71.3 Å². The molecule has 140 valence electrons. The maximum Gasteiger partial charge on any atom is 0.0446 e. The molecule has 3 heteroatoms. The van der Waals surface area contributed by atoms with E-state index in [2.05, 4.69) is 71.3 Å². The summed E-state index contributed by atoms with van der Waals surface area (Å²) in [6, 6.07) is 19.9. The Hall–Kier alpha value is -1.68. The van der Waals surface area contributed by atoms with Gasteiger partial charge in [0.2, 0.25) is 0 Å². The average molecular weight is 353 g/mol. The van der Waals surface area contributed by atoms with Gasteiger partial charge in [0.1, 0.15) is 0 Å². The van der Waals surface area contributed by atoms with Gasteiger partial charge in [-0.3, -0.25) is 4.90 Å². The normalized spacial score (nSPS) is 18.9. The number of piperazine rings is 1. The number of hydrogen-bond donors (Lipinski definition) is 1. The van der Waals surface area contributed by atoms with Crippen LogP contribution in [-0.4, -0.2) is 53.7 Å². The Balaban J connectivity index is 1.51. The van der Waals surface area contributed by atoms with Crippen LogP contribution in [0.5, 0.6) is 0 Å². The van der Waals surface area contributed by atoms with Gasteiger partial charge >= 0.3 is 0 Å². The van der Waals surface area contributed by atoms with Crippen LogP contribution in [0.2, 0.25) is 0 Å². The van der Waals surface area contributed by atoms with E-state index in [-0.39, 0.29) is 6.61 Å². The molecule has 3 nitrogen and oxygen atoms in total. The summed E-state index contributed by atoms with van der Waals surface area (Å²) in [5, 5.41) is 9.52. The SMILES string of the molecule is Cc1ccccc1CN1CCN(CCCc2ccccc2)CC1CCO. The fraction of sp³-hybridized carbons (Fsp3) is 0.478.